The number of hydrogen-bond donors (Lipinski definition) is 1. The molecular formula is C15H19N3. The Morgan fingerprint density at radius 1 is 1.17 bits per heavy atom. The molecule has 1 aliphatic rings. The second-order valence-electron chi connectivity index (χ2n) is 4.98. The van der Waals surface area contributed by atoms with Gasteiger partial charge in [0.25, 0.3) is 0 Å². The summed E-state index contributed by atoms with van der Waals surface area (Å²) in [7, 11) is 2.11. The highest BCUT2D eigenvalue weighted by Gasteiger charge is 2.22. The molecule has 1 aliphatic heterocycles. The third kappa shape index (κ3) is 2.06. The van der Waals surface area contributed by atoms with Crippen LogP contribution in [0.2, 0.25) is 0 Å². The molecule has 0 aliphatic carbocycles. The number of imidazole rings is 1. The van der Waals surface area contributed by atoms with E-state index < -0.39 is 0 Å². The maximum Gasteiger partial charge on any atom is 0.0953 e. The molecule has 0 unspecified atom stereocenters. The van der Waals surface area contributed by atoms with Crippen LogP contribution in [0.3, 0.4) is 0 Å². The first-order valence-electron chi connectivity index (χ1n) is 6.63. The Morgan fingerprint density at radius 3 is 2.61 bits per heavy atom. The van der Waals surface area contributed by atoms with Crippen LogP contribution in [0.15, 0.2) is 36.7 Å². The van der Waals surface area contributed by atoms with Gasteiger partial charge < -0.3 is 9.88 Å². The van der Waals surface area contributed by atoms with Gasteiger partial charge in [-0.2, -0.15) is 0 Å². The van der Waals surface area contributed by atoms with E-state index in [1.165, 1.54) is 24.1 Å². The van der Waals surface area contributed by atoms with Crippen LogP contribution in [0, 0.1) is 0 Å². The monoisotopic (exact) mass is 241 g/mol. The van der Waals surface area contributed by atoms with E-state index in [0.29, 0.717) is 5.92 Å². The third-order valence-electron chi connectivity index (χ3n) is 3.76. The topological polar surface area (TPSA) is 29.9 Å². The smallest absolute Gasteiger partial charge is 0.0953 e. The lowest BCUT2D eigenvalue weighted by Gasteiger charge is -2.24. The van der Waals surface area contributed by atoms with Gasteiger partial charge >= 0.3 is 0 Å². The Labute approximate surface area is 108 Å². The molecule has 3 heteroatoms. The van der Waals surface area contributed by atoms with Gasteiger partial charge in [-0.3, -0.25) is 0 Å². The highest BCUT2D eigenvalue weighted by molar-refractivity contribution is 5.62. The Morgan fingerprint density at radius 2 is 1.89 bits per heavy atom. The van der Waals surface area contributed by atoms with Gasteiger partial charge in [0, 0.05) is 24.2 Å². The van der Waals surface area contributed by atoms with Crippen molar-refractivity contribution < 1.29 is 0 Å². The Balaban J connectivity index is 2.01. The predicted molar refractivity (Wildman–Crippen MR) is 73.5 cm³/mol. The van der Waals surface area contributed by atoms with Crippen molar-refractivity contribution in [1.82, 2.24) is 14.9 Å². The standard InChI is InChI=1S/C15H19N3/c1-18-11-17-14(12-5-3-2-4-6-12)15(18)13-7-9-16-10-8-13/h2-6,11,13,16H,7-10H2,1H3. The third-order valence-corrected chi connectivity index (χ3v) is 3.76. The SMILES string of the molecule is Cn1cnc(-c2ccccc2)c1C1CCNCC1. The average Bonchev–Trinajstić information content (AvgIpc) is 2.83. The van der Waals surface area contributed by atoms with Crippen molar-refractivity contribution in [2.24, 2.45) is 7.05 Å². The van der Waals surface area contributed by atoms with E-state index in [1.807, 2.05) is 6.33 Å². The molecule has 0 amide bonds. The number of nitrogens with zero attached hydrogens (tertiary/aromatic N) is 2. The maximum absolute atomic E-state index is 4.60. The number of aryl methyl sites for hydroxylation is 1. The van der Waals surface area contributed by atoms with Gasteiger partial charge in [-0.15, -0.1) is 0 Å². The summed E-state index contributed by atoms with van der Waals surface area (Å²) in [6.07, 6.45) is 4.36. The summed E-state index contributed by atoms with van der Waals surface area (Å²) in [6.45, 7) is 2.23. The van der Waals surface area contributed by atoms with Crippen molar-refractivity contribution >= 4 is 0 Å². The van der Waals surface area contributed by atoms with Gasteiger partial charge in [0.1, 0.15) is 0 Å². The zero-order valence-corrected chi connectivity index (χ0v) is 10.8. The molecule has 0 atom stereocenters. The molecule has 94 valence electrons. The maximum atomic E-state index is 4.60. The minimum Gasteiger partial charge on any atom is -0.337 e. The molecule has 1 aromatic heterocycles. The lowest BCUT2D eigenvalue weighted by atomic mass is 9.91. The highest BCUT2D eigenvalue weighted by atomic mass is 15.0. The first kappa shape index (κ1) is 11.5. The molecule has 2 aromatic rings. The van der Waals surface area contributed by atoms with Crippen molar-refractivity contribution in [3.05, 3.63) is 42.4 Å². The molecule has 18 heavy (non-hydrogen) atoms. The van der Waals surface area contributed by atoms with Gasteiger partial charge in [-0.1, -0.05) is 30.3 Å². The van der Waals surface area contributed by atoms with Crippen molar-refractivity contribution in [3.8, 4) is 11.3 Å². The number of nitrogens with one attached hydrogen (secondary N) is 1. The van der Waals surface area contributed by atoms with Crippen LogP contribution in [0.5, 0.6) is 0 Å². The fourth-order valence-corrected chi connectivity index (χ4v) is 2.83. The van der Waals surface area contributed by atoms with E-state index >= 15 is 0 Å². The summed E-state index contributed by atoms with van der Waals surface area (Å²) in [5.41, 5.74) is 3.78. The predicted octanol–water partition coefficient (Wildman–Crippen LogP) is 2.55. The van der Waals surface area contributed by atoms with Gasteiger partial charge in [-0.05, 0) is 25.9 Å². The summed E-state index contributed by atoms with van der Waals surface area (Å²) >= 11 is 0. The van der Waals surface area contributed by atoms with Gasteiger partial charge in [0.05, 0.1) is 12.0 Å². The molecule has 3 rings (SSSR count). The second kappa shape index (κ2) is 4.94. The molecule has 0 spiro atoms. The van der Waals surface area contributed by atoms with Crippen molar-refractivity contribution in [2.45, 2.75) is 18.8 Å². The fourth-order valence-electron chi connectivity index (χ4n) is 2.83. The molecule has 1 saturated heterocycles. The quantitative estimate of drug-likeness (QED) is 0.875. The van der Waals surface area contributed by atoms with Crippen LogP contribution < -0.4 is 5.32 Å². The molecule has 1 aromatic carbocycles. The molecule has 0 radical (unpaired) electrons. The van der Waals surface area contributed by atoms with E-state index in [1.54, 1.807) is 0 Å². The fraction of sp³-hybridized carbons (Fsp3) is 0.400. The van der Waals surface area contributed by atoms with Crippen LogP contribution in [-0.4, -0.2) is 22.6 Å². The number of rotatable bonds is 2. The molecular weight excluding hydrogens is 222 g/mol. The highest BCUT2D eigenvalue weighted by Crippen LogP contribution is 2.32. The first-order valence-corrected chi connectivity index (χ1v) is 6.63. The zero-order chi connectivity index (χ0) is 12.4. The van der Waals surface area contributed by atoms with E-state index in [0.717, 1.165) is 18.8 Å². The van der Waals surface area contributed by atoms with E-state index in [-0.39, 0.29) is 0 Å². The van der Waals surface area contributed by atoms with Gasteiger partial charge in [-0.25, -0.2) is 4.98 Å². The van der Waals surface area contributed by atoms with Gasteiger partial charge in [0.2, 0.25) is 0 Å². The second-order valence-corrected chi connectivity index (χ2v) is 4.98. The summed E-state index contributed by atoms with van der Waals surface area (Å²) in [4.78, 5) is 4.60. The van der Waals surface area contributed by atoms with Crippen molar-refractivity contribution in [3.63, 3.8) is 0 Å². The molecule has 3 nitrogen and oxygen atoms in total. The summed E-state index contributed by atoms with van der Waals surface area (Å²) in [5.74, 6) is 0.633. The van der Waals surface area contributed by atoms with E-state index in [4.69, 9.17) is 0 Å². The van der Waals surface area contributed by atoms with Crippen molar-refractivity contribution in [2.75, 3.05) is 13.1 Å². The first-order chi connectivity index (χ1) is 8.86. The zero-order valence-electron chi connectivity index (χ0n) is 10.8. The Kier molecular flexibility index (Phi) is 3.15. The lowest BCUT2D eigenvalue weighted by Crippen LogP contribution is -2.27. The lowest BCUT2D eigenvalue weighted by molar-refractivity contribution is 0.446. The molecule has 1 N–H and O–H groups in total. The number of aromatic nitrogens is 2. The van der Waals surface area contributed by atoms with Gasteiger partial charge in [0.15, 0.2) is 0 Å². The molecule has 2 heterocycles. The average molecular weight is 241 g/mol. The van der Waals surface area contributed by atoms with Crippen LogP contribution in [-0.2, 0) is 7.05 Å². The Bertz CT molecular complexity index is 510. The summed E-state index contributed by atoms with van der Waals surface area (Å²) in [5, 5.41) is 3.43. The molecule has 0 saturated carbocycles. The van der Waals surface area contributed by atoms with E-state index in [2.05, 4.69) is 52.2 Å². The van der Waals surface area contributed by atoms with Crippen LogP contribution in [0.25, 0.3) is 11.3 Å². The van der Waals surface area contributed by atoms with Crippen LogP contribution in [0.4, 0.5) is 0 Å². The normalized spacial score (nSPS) is 16.9. The molecule has 1 fully saturated rings. The number of piperidine rings is 1. The van der Waals surface area contributed by atoms with Crippen molar-refractivity contribution in [1.29, 1.82) is 0 Å². The largest absolute Gasteiger partial charge is 0.337 e. The summed E-state index contributed by atoms with van der Waals surface area (Å²) in [6, 6.07) is 10.5. The van der Waals surface area contributed by atoms with Crippen LogP contribution in [0.1, 0.15) is 24.5 Å². The van der Waals surface area contributed by atoms with E-state index in [9.17, 15) is 0 Å². The Hall–Kier alpha value is -1.61. The minimum absolute atomic E-state index is 0.633. The molecule has 0 bridgehead atoms. The number of benzene rings is 1. The minimum atomic E-state index is 0.633. The summed E-state index contributed by atoms with van der Waals surface area (Å²) < 4.78 is 2.19. The number of hydrogen-bond acceptors (Lipinski definition) is 2. The van der Waals surface area contributed by atoms with Crippen LogP contribution >= 0.6 is 0 Å².